The molecule has 0 aromatic rings. The predicted molar refractivity (Wildman–Crippen MR) is 64.1 cm³/mol. The zero-order chi connectivity index (χ0) is 12.6. The minimum atomic E-state index is -0.124. The number of amides is 2. The number of nitrogens with one attached hydrogen (secondary N) is 2. The summed E-state index contributed by atoms with van der Waals surface area (Å²) in [5.74, 6) is -0.186. The Balaban J connectivity index is 3.81. The van der Waals surface area contributed by atoms with Gasteiger partial charge in [-0.25, -0.2) is 0 Å². The van der Waals surface area contributed by atoms with Crippen molar-refractivity contribution in [2.45, 2.75) is 33.2 Å². The topological polar surface area (TPSA) is 61.4 Å². The molecule has 0 rings (SSSR count). The lowest BCUT2D eigenvalue weighted by Gasteiger charge is -2.18. The molecule has 0 heterocycles. The number of nitrogens with zero attached hydrogens (tertiary/aromatic N) is 1. The van der Waals surface area contributed by atoms with Crippen molar-refractivity contribution in [1.82, 2.24) is 15.5 Å². The van der Waals surface area contributed by atoms with Crippen molar-refractivity contribution < 1.29 is 9.59 Å². The first-order valence-corrected chi connectivity index (χ1v) is 5.71. The maximum atomic E-state index is 11.5. The largest absolute Gasteiger partial charge is 0.352 e. The van der Waals surface area contributed by atoms with Crippen LogP contribution in [0.1, 0.15) is 27.2 Å². The van der Waals surface area contributed by atoms with Gasteiger partial charge in [0.2, 0.25) is 11.8 Å². The Kier molecular flexibility index (Phi) is 7.54. The van der Waals surface area contributed by atoms with Gasteiger partial charge in [-0.1, -0.05) is 6.92 Å². The molecule has 16 heavy (non-hydrogen) atoms. The van der Waals surface area contributed by atoms with E-state index in [1.165, 1.54) is 4.90 Å². The number of hydrogen-bond acceptors (Lipinski definition) is 3. The van der Waals surface area contributed by atoms with E-state index in [2.05, 4.69) is 10.6 Å². The first kappa shape index (κ1) is 14.9. The number of carbonyl (C=O) groups excluding carboxylic acids is 2. The molecule has 0 aromatic carbocycles. The lowest BCUT2D eigenvalue weighted by Crippen LogP contribution is -2.43. The first-order valence-electron chi connectivity index (χ1n) is 5.71. The number of rotatable bonds is 7. The van der Waals surface area contributed by atoms with Crippen molar-refractivity contribution >= 4 is 11.8 Å². The van der Waals surface area contributed by atoms with Crippen molar-refractivity contribution in [3.63, 3.8) is 0 Å². The van der Waals surface area contributed by atoms with Crippen molar-refractivity contribution in [2.75, 3.05) is 26.7 Å². The van der Waals surface area contributed by atoms with E-state index in [4.69, 9.17) is 0 Å². The number of hydrogen-bond donors (Lipinski definition) is 2. The molecular weight excluding hydrogens is 206 g/mol. The lowest BCUT2D eigenvalue weighted by molar-refractivity contribution is -0.134. The van der Waals surface area contributed by atoms with E-state index in [0.29, 0.717) is 6.54 Å². The van der Waals surface area contributed by atoms with Gasteiger partial charge in [0.15, 0.2) is 0 Å². The summed E-state index contributed by atoms with van der Waals surface area (Å²) in [5, 5.41) is 5.75. The van der Waals surface area contributed by atoms with Crippen LogP contribution < -0.4 is 10.6 Å². The van der Waals surface area contributed by atoms with Crippen molar-refractivity contribution in [3.8, 4) is 0 Å². The van der Waals surface area contributed by atoms with Gasteiger partial charge in [0.25, 0.3) is 0 Å². The lowest BCUT2D eigenvalue weighted by atomic mass is 10.3. The molecule has 0 aliphatic rings. The Hall–Kier alpha value is -1.10. The summed E-state index contributed by atoms with van der Waals surface area (Å²) in [7, 11) is 1.63. The molecule has 0 fully saturated rings. The molecule has 0 spiro atoms. The second-order valence-corrected chi connectivity index (χ2v) is 4.15. The SMILES string of the molecule is CCCNCC(=O)N(C)CC(=O)NC(C)C. The summed E-state index contributed by atoms with van der Waals surface area (Å²) in [6, 6.07) is 0.106. The molecule has 2 amide bonds. The highest BCUT2D eigenvalue weighted by Crippen LogP contribution is 1.86. The summed E-state index contributed by atoms with van der Waals surface area (Å²) in [5.41, 5.74) is 0. The minimum absolute atomic E-state index is 0.0626. The fourth-order valence-corrected chi connectivity index (χ4v) is 1.18. The van der Waals surface area contributed by atoms with E-state index in [9.17, 15) is 9.59 Å². The van der Waals surface area contributed by atoms with Crippen molar-refractivity contribution in [1.29, 1.82) is 0 Å². The van der Waals surface area contributed by atoms with E-state index in [1.54, 1.807) is 7.05 Å². The second kappa shape index (κ2) is 8.10. The second-order valence-electron chi connectivity index (χ2n) is 4.15. The predicted octanol–water partition coefficient (Wildman–Crippen LogP) is -0.0310. The highest BCUT2D eigenvalue weighted by molar-refractivity contribution is 5.85. The molecule has 0 saturated carbocycles. The van der Waals surface area contributed by atoms with Crippen LogP contribution in [0.4, 0.5) is 0 Å². The molecular formula is C11H23N3O2. The molecule has 0 radical (unpaired) electrons. The van der Waals surface area contributed by atoms with Crippen LogP contribution in [0.2, 0.25) is 0 Å². The fraction of sp³-hybridized carbons (Fsp3) is 0.818. The average molecular weight is 229 g/mol. The maximum absolute atomic E-state index is 11.5. The van der Waals surface area contributed by atoms with Crippen LogP contribution in [0, 0.1) is 0 Å². The van der Waals surface area contributed by atoms with Gasteiger partial charge in [-0.15, -0.1) is 0 Å². The fourth-order valence-electron chi connectivity index (χ4n) is 1.18. The minimum Gasteiger partial charge on any atom is -0.352 e. The molecule has 0 atom stereocenters. The van der Waals surface area contributed by atoms with E-state index in [1.807, 2.05) is 20.8 Å². The molecule has 0 bridgehead atoms. The monoisotopic (exact) mass is 229 g/mol. The van der Waals surface area contributed by atoms with E-state index in [-0.39, 0.29) is 24.4 Å². The zero-order valence-corrected chi connectivity index (χ0v) is 10.7. The van der Waals surface area contributed by atoms with Crippen LogP contribution in [0.5, 0.6) is 0 Å². The molecule has 0 aliphatic heterocycles. The summed E-state index contributed by atoms with van der Waals surface area (Å²) in [6.07, 6.45) is 0.991. The zero-order valence-electron chi connectivity index (χ0n) is 10.7. The molecule has 5 nitrogen and oxygen atoms in total. The third-order valence-electron chi connectivity index (χ3n) is 1.96. The summed E-state index contributed by atoms with van der Waals surface area (Å²) >= 11 is 0. The third-order valence-corrected chi connectivity index (χ3v) is 1.96. The van der Waals surface area contributed by atoms with Crippen LogP contribution >= 0.6 is 0 Å². The van der Waals surface area contributed by atoms with E-state index >= 15 is 0 Å². The Labute approximate surface area is 97.6 Å². The van der Waals surface area contributed by atoms with Gasteiger partial charge in [-0.05, 0) is 26.8 Å². The first-order chi connectivity index (χ1) is 7.47. The quantitative estimate of drug-likeness (QED) is 0.603. The molecule has 5 heteroatoms. The molecule has 2 N–H and O–H groups in total. The number of likely N-dealkylation sites (N-methyl/N-ethyl adjacent to an activating group) is 1. The molecule has 0 unspecified atom stereocenters. The molecule has 0 aliphatic carbocycles. The van der Waals surface area contributed by atoms with Gasteiger partial charge in [-0.2, -0.15) is 0 Å². The Bertz CT molecular complexity index is 229. The van der Waals surface area contributed by atoms with E-state index < -0.39 is 0 Å². The van der Waals surface area contributed by atoms with Crippen molar-refractivity contribution in [2.24, 2.45) is 0 Å². The van der Waals surface area contributed by atoms with E-state index in [0.717, 1.165) is 13.0 Å². The standard InChI is InChI=1S/C11H23N3O2/c1-5-6-12-7-11(16)14(4)8-10(15)13-9(2)3/h9,12H,5-8H2,1-4H3,(H,13,15). The third kappa shape index (κ3) is 7.23. The van der Waals surface area contributed by atoms with Crippen LogP contribution in [-0.4, -0.2) is 49.4 Å². The van der Waals surface area contributed by atoms with Crippen LogP contribution in [0.3, 0.4) is 0 Å². The Morgan fingerprint density at radius 3 is 2.44 bits per heavy atom. The van der Waals surface area contributed by atoms with Gasteiger partial charge in [0.1, 0.15) is 0 Å². The van der Waals surface area contributed by atoms with Crippen LogP contribution in [0.25, 0.3) is 0 Å². The number of carbonyl (C=O) groups is 2. The van der Waals surface area contributed by atoms with Gasteiger partial charge >= 0.3 is 0 Å². The highest BCUT2D eigenvalue weighted by atomic mass is 16.2. The van der Waals surface area contributed by atoms with Gasteiger partial charge in [0.05, 0.1) is 13.1 Å². The highest BCUT2D eigenvalue weighted by Gasteiger charge is 2.12. The van der Waals surface area contributed by atoms with Gasteiger partial charge in [0, 0.05) is 13.1 Å². The molecule has 0 aromatic heterocycles. The van der Waals surface area contributed by atoms with Crippen LogP contribution in [0.15, 0.2) is 0 Å². The Morgan fingerprint density at radius 1 is 1.31 bits per heavy atom. The molecule has 0 saturated heterocycles. The van der Waals surface area contributed by atoms with Gasteiger partial charge < -0.3 is 15.5 Å². The maximum Gasteiger partial charge on any atom is 0.239 e. The average Bonchev–Trinajstić information content (AvgIpc) is 2.16. The van der Waals surface area contributed by atoms with Crippen LogP contribution in [-0.2, 0) is 9.59 Å². The summed E-state index contributed by atoms with van der Waals surface area (Å²) in [6.45, 7) is 7.05. The van der Waals surface area contributed by atoms with Crippen molar-refractivity contribution in [3.05, 3.63) is 0 Å². The normalized spacial score (nSPS) is 10.3. The summed E-state index contributed by atoms with van der Waals surface area (Å²) in [4.78, 5) is 24.3. The Morgan fingerprint density at radius 2 is 1.94 bits per heavy atom. The van der Waals surface area contributed by atoms with Gasteiger partial charge in [-0.3, -0.25) is 9.59 Å². The smallest absolute Gasteiger partial charge is 0.239 e. The summed E-state index contributed by atoms with van der Waals surface area (Å²) < 4.78 is 0. The molecule has 94 valence electrons.